The molecule has 0 unspecified atom stereocenters. The molecule has 0 atom stereocenters. The first-order valence-electron chi connectivity index (χ1n) is 3.87. The molecule has 0 aliphatic carbocycles. The molecular weight excluding hydrogens is 152 g/mol. The van der Waals surface area contributed by atoms with E-state index in [0.717, 1.165) is 5.57 Å². The van der Waals surface area contributed by atoms with Gasteiger partial charge in [-0.15, -0.1) is 0 Å². The highest BCUT2D eigenvalue weighted by Crippen LogP contribution is 2.07. The minimum absolute atomic E-state index is 0.244. The maximum absolute atomic E-state index is 10.6. The highest BCUT2D eigenvalue weighted by Gasteiger charge is 2.08. The molecule has 0 aromatic heterocycles. The Morgan fingerprint density at radius 2 is 2.33 bits per heavy atom. The first-order chi connectivity index (χ1) is 5.68. The predicted molar refractivity (Wildman–Crippen MR) is 47.6 cm³/mol. The Balaban J connectivity index is 2.52. The van der Waals surface area contributed by atoms with Gasteiger partial charge in [0, 0.05) is 6.08 Å². The van der Waals surface area contributed by atoms with Gasteiger partial charge in [-0.1, -0.05) is 23.8 Å². The number of esters is 1. The van der Waals surface area contributed by atoms with Crippen LogP contribution in [0.5, 0.6) is 0 Å². The van der Waals surface area contributed by atoms with E-state index >= 15 is 0 Å². The van der Waals surface area contributed by atoms with Gasteiger partial charge in [0.05, 0.1) is 0 Å². The molecule has 0 radical (unpaired) electrons. The SMILES string of the molecule is CC(C)=CC=CC1=CC(=O)OC1. The normalized spacial score (nSPS) is 16.2. The highest BCUT2D eigenvalue weighted by molar-refractivity contribution is 5.85. The molecule has 0 amide bonds. The number of rotatable bonds is 2. The van der Waals surface area contributed by atoms with Gasteiger partial charge in [-0.05, 0) is 19.4 Å². The fourth-order valence-corrected chi connectivity index (χ4v) is 0.850. The lowest BCUT2D eigenvalue weighted by Crippen LogP contribution is -1.90. The van der Waals surface area contributed by atoms with Gasteiger partial charge < -0.3 is 4.74 Å². The molecule has 2 heteroatoms. The van der Waals surface area contributed by atoms with E-state index in [-0.39, 0.29) is 5.97 Å². The van der Waals surface area contributed by atoms with Crippen LogP contribution in [-0.4, -0.2) is 12.6 Å². The molecule has 0 fully saturated rings. The van der Waals surface area contributed by atoms with E-state index in [1.54, 1.807) is 0 Å². The first kappa shape index (κ1) is 8.78. The van der Waals surface area contributed by atoms with Gasteiger partial charge in [0.2, 0.25) is 0 Å². The van der Waals surface area contributed by atoms with Crippen LogP contribution in [0.2, 0.25) is 0 Å². The number of allylic oxidation sites excluding steroid dienone is 3. The van der Waals surface area contributed by atoms with Crippen LogP contribution in [0.4, 0.5) is 0 Å². The molecular formula is C10H12O2. The topological polar surface area (TPSA) is 26.3 Å². The summed E-state index contributed by atoms with van der Waals surface area (Å²) < 4.78 is 4.72. The van der Waals surface area contributed by atoms with Crippen LogP contribution < -0.4 is 0 Å². The van der Waals surface area contributed by atoms with E-state index in [0.29, 0.717) is 6.61 Å². The summed E-state index contributed by atoms with van der Waals surface area (Å²) in [6, 6.07) is 0. The second kappa shape index (κ2) is 3.90. The van der Waals surface area contributed by atoms with Crippen molar-refractivity contribution in [2.75, 3.05) is 6.61 Å². The Hall–Kier alpha value is -1.31. The quantitative estimate of drug-likeness (QED) is 0.461. The zero-order chi connectivity index (χ0) is 8.97. The maximum Gasteiger partial charge on any atom is 0.331 e. The van der Waals surface area contributed by atoms with Crippen LogP contribution in [-0.2, 0) is 9.53 Å². The summed E-state index contributed by atoms with van der Waals surface area (Å²) in [6.45, 7) is 4.45. The van der Waals surface area contributed by atoms with E-state index in [1.165, 1.54) is 11.6 Å². The molecule has 0 saturated heterocycles. The third-order valence-corrected chi connectivity index (χ3v) is 1.42. The van der Waals surface area contributed by atoms with Crippen molar-refractivity contribution in [1.82, 2.24) is 0 Å². The van der Waals surface area contributed by atoms with Crippen LogP contribution in [0.25, 0.3) is 0 Å². The molecule has 1 rings (SSSR count). The Morgan fingerprint density at radius 3 is 2.83 bits per heavy atom. The molecule has 2 nitrogen and oxygen atoms in total. The third kappa shape index (κ3) is 2.74. The maximum atomic E-state index is 10.6. The number of carbonyl (C=O) groups excluding carboxylic acids is 1. The van der Waals surface area contributed by atoms with Crippen LogP contribution in [0, 0.1) is 0 Å². The molecule has 0 N–H and O–H groups in total. The number of cyclic esters (lactones) is 1. The second-order valence-electron chi connectivity index (χ2n) is 2.93. The molecule has 0 spiro atoms. The number of hydrogen-bond donors (Lipinski definition) is 0. The Morgan fingerprint density at radius 1 is 1.58 bits per heavy atom. The summed E-state index contributed by atoms with van der Waals surface area (Å²) in [5.74, 6) is -0.244. The second-order valence-corrected chi connectivity index (χ2v) is 2.93. The zero-order valence-electron chi connectivity index (χ0n) is 7.33. The summed E-state index contributed by atoms with van der Waals surface area (Å²) >= 11 is 0. The van der Waals surface area contributed by atoms with Crippen molar-refractivity contribution in [2.24, 2.45) is 0 Å². The summed E-state index contributed by atoms with van der Waals surface area (Å²) in [5, 5.41) is 0. The molecule has 1 aliphatic heterocycles. The zero-order valence-corrected chi connectivity index (χ0v) is 7.33. The summed E-state index contributed by atoms with van der Waals surface area (Å²) in [6.07, 6.45) is 7.31. The van der Waals surface area contributed by atoms with Crippen molar-refractivity contribution in [3.63, 3.8) is 0 Å². The van der Waals surface area contributed by atoms with Crippen molar-refractivity contribution in [3.8, 4) is 0 Å². The van der Waals surface area contributed by atoms with E-state index in [4.69, 9.17) is 4.74 Å². The Kier molecular flexibility index (Phi) is 2.86. The molecule has 0 aromatic rings. The third-order valence-electron chi connectivity index (χ3n) is 1.42. The molecule has 1 aliphatic rings. The van der Waals surface area contributed by atoms with Crippen LogP contribution in [0.15, 0.2) is 35.5 Å². The lowest BCUT2D eigenvalue weighted by molar-refractivity contribution is -0.134. The smallest absolute Gasteiger partial charge is 0.331 e. The molecule has 0 saturated carbocycles. The summed E-state index contributed by atoms with van der Waals surface area (Å²) in [4.78, 5) is 10.6. The lowest BCUT2D eigenvalue weighted by Gasteiger charge is -1.89. The molecule has 64 valence electrons. The fourth-order valence-electron chi connectivity index (χ4n) is 0.850. The summed E-state index contributed by atoms with van der Waals surface area (Å²) in [5.41, 5.74) is 2.16. The number of ether oxygens (including phenoxy) is 1. The van der Waals surface area contributed by atoms with Crippen LogP contribution in [0.3, 0.4) is 0 Å². The van der Waals surface area contributed by atoms with Gasteiger partial charge in [0.1, 0.15) is 6.61 Å². The van der Waals surface area contributed by atoms with Gasteiger partial charge in [0.15, 0.2) is 0 Å². The predicted octanol–water partition coefficient (Wildman–Crippen LogP) is 1.99. The first-order valence-corrected chi connectivity index (χ1v) is 3.87. The van der Waals surface area contributed by atoms with Crippen molar-refractivity contribution < 1.29 is 9.53 Å². The minimum atomic E-state index is -0.244. The van der Waals surface area contributed by atoms with Crippen molar-refractivity contribution in [3.05, 3.63) is 35.5 Å². The largest absolute Gasteiger partial charge is 0.458 e. The monoisotopic (exact) mass is 164 g/mol. The minimum Gasteiger partial charge on any atom is -0.458 e. The van der Waals surface area contributed by atoms with Crippen LogP contribution in [0.1, 0.15) is 13.8 Å². The van der Waals surface area contributed by atoms with E-state index in [2.05, 4.69) is 0 Å². The average Bonchev–Trinajstić information content (AvgIpc) is 2.35. The lowest BCUT2D eigenvalue weighted by atomic mass is 10.2. The fraction of sp³-hybridized carbons (Fsp3) is 0.300. The van der Waals surface area contributed by atoms with E-state index in [1.807, 2.05) is 32.1 Å². The number of hydrogen-bond acceptors (Lipinski definition) is 2. The van der Waals surface area contributed by atoms with Gasteiger partial charge in [0.25, 0.3) is 0 Å². The van der Waals surface area contributed by atoms with Gasteiger partial charge in [-0.3, -0.25) is 0 Å². The van der Waals surface area contributed by atoms with Crippen LogP contribution >= 0.6 is 0 Å². The molecule has 0 bridgehead atoms. The Bertz CT molecular complexity index is 266. The highest BCUT2D eigenvalue weighted by atomic mass is 16.5. The van der Waals surface area contributed by atoms with E-state index in [9.17, 15) is 4.79 Å². The molecule has 0 aromatic carbocycles. The van der Waals surface area contributed by atoms with Crippen molar-refractivity contribution in [2.45, 2.75) is 13.8 Å². The van der Waals surface area contributed by atoms with Crippen molar-refractivity contribution in [1.29, 1.82) is 0 Å². The Labute approximate surface area is 72.2 Å². The molecule has 1 heterocycles. The summed E-state index contributed by atoms with van der Waals surface area (Å²) in [7, 11) is 0. The van der Waals surface area contributed by atoms with Gasteiger partial charge in [-0.2, -0.15) is 0 Å². The van der Waals surface area contributed by atoms with E-state index < -0.39 is 0 Å². The van der Waals surface area contributed by atoms with Gasteiger partial charge >= 0.3 is 5.97 Å². The molecule has 12 heavy (non-hydrogen) atoms. The standard InChI is InChI=1S/C10H12O2/c1-8(2)4-3-5-9-6-10(11)12-7-9/h3-6H,7H2,1-2H3. The van der Waals surface area contributed by atoms with Crippen molar-refractivity contribution >= 4 is 5.97 Å². The average molecular weight is 164 g/mol. The van der Waals surface area contributed by atoms with Gasteiger partial charge in [-0.25, -0.2) is 4.79 Å². The number of carbonyl (C=O) groups is 1.